The third-order valence-corrected chi connectivity index (χ3v) is 1.63. The van der Waals surface area contributed by atoms with E-state index in [1.807, 2.05) is 13.8 Å². The Morgan fingerprint density at radius 1 is 1.27 bits per heavy atom. The van der Waals surface area contributed by atoms with Gasteiger partial charge in [-0.3, -0.25) is 4.79 Å². The second kappa shape index (κ2) is 6.01. The van der Waals surface area contributed by atoms with Gasteiger partial charge in [-0.15, -0.1) is 0 Å². The Morgan fingerprint density at radius 3 is 2.13 bits per heavy atom. The minimum Gasteiger partial charge on any atom is -0.462 e. The van der Waals surface area contributed by atoms with Crippen LogP contribution in [0, 0.1) is 0 Å². The Labute approximate surface area is 89.8 Å². The van der Waals surface area contributed by atoms with Crippen LogP contribution >= 0.6 is 0 Å². The highest BCUT2D eigenvalue weighted by Gasteiger charge is 2.18. The zero-order valence-electron chi connectivity index (χ0n) is 9.59. The van der Waals surface area contributed by atoms with Gasteiger partial charge in [-0.25, -0.2) is 4.79 Å². The highest BCUT2D eigenvalue weighted by molar-refractivity contribution is 6.16. The fourth-order valence-corrected chi connectivity index (χ4v) is 1.16. The molecule has 0 heterocycles. The highest BCUT2D eigenvalue weighted by atomic mass is 16.5. The molecule has 2 N–H and O–H groups in total. The summed E-state index contributed by atoms with van der Waals surface area (Å²) in [6, 6.07) is 0. The van der Waals surface area contributed by atoms with Gasteiger partial charge in [0.05, 0.1) is 6.61 Å². The number of carbonyl (C=O) groups excluding carboxylic acids is 2. The summed E-state index contributed by atoms with van der Waals surface area (Å²) in [6.45, 7) is 7.29. The maximum Gasteiger partial charge on any atom is 0.344 e. The summed E-state index contributed by atoms with van der Waals surface area (Å²) in [7, 11) is 0. The average molecular weight is 211 g/mol. The number of esters is 1. The van der Waals surface area contributed by atoms with Gasteiger partial charge < -0.3 is 10.5 Å². The van der Waals surface area contributed by atoms with Crippen molar-refractivity contribution < 1.29 is 14.3 Å². The summed E-state index contributed by atoms with van der Waals surface area (Å²) in [6.07, 6.45) is 1.72. The molecule has 0 aliphatic carbocycles. The molecule has 0 spiro atoms. The summed E-state index contributed by atoms with van der Waals surface area (Å²) in [5.41, 5.74) is 6.54. The fourth-order valence-electron chi connectivity index (χ4n) is 1.16. The van der Waals surface area contributed by atoms with Crippen LogP contribution in [0.25, 0.3) is 0 Å². The van der Waals surface area contributed by atoms with Crippen molar-refractivity contribution >= 4 is 11.9 Å². The number of hydrogen-bond donors (Lipinski definition) is 1. The van der Waals surface area contributed by atoms with Crippen LogP contribution in [0.4, 0.5) is 0 Å². The minimum atomic E-state index is -0.761. The average Bonchev–Trinajstić information content (AvgIpc) is 2.01. The van der Waals surface area contributed by atoms with Crippen molar-refractivity contribution in [3.63, 3.8) is 0 Å². The van der Waals surface area contributed by atoms with Crippen molar-refractivity contribution in [1.29, 1.82) is 0 Å². The van der Waals surface area contributed by atoms with Crippen molar-refractivity contribution in [2.24, 2.45) is 5.73 Å². The molecule has 0 aromatic carbocycles. The molecule has 0 aliphatic heterocycles. The van der Waals surface area contributed by atoms with Gasteiger partial charge in [-0.05, 0) is 33.3 Å². The van der Waals surface area contributed by atoms with Crippen LogP contribution in [0.3, 0.4) is 0 Å². The molecule has 0 radical (unpaired) electrons. The molecule has 4 heteroatoms. The van der Waals surface area contributed by atoms with Crippen LogP contribution in [0.2, 0.25) is 0 Å². The first-order valence-electron chi connectivity index (χ1n) is 4.72. The van der Waals surface area contributed by atoms with Crippen LogP contribution in [0.5, 0.6) is 0 Å². The first kappa shape index (κ1) is 13.4. The van der Waals surface area contributed by atoms with Gasteiger partial charge in [0.2, 0.25) is 0 Å². The van der Waals surface area contributed by atoms with Gasteiger partial charge in [0.25, 0.3) is 5.91 Å². The van der Waals surface area contributed by atoms with E-state index in [9.17, 15) is 9.59 Å². The van der Waals surface area contributed by atoms with Crippen LogP contribution in [0.15, 0.2) is 22.8 Å². The number of hydrogen-bond acceptors (Lipinski definition) is 3. The number of allylic oxidation sites excluding steroid dienone is 3. The maximum atomic E-state index is 11.4. The summed E-state index contributed by atoms with van der Waals surface area (Å²) in [4.78, 5) is 22.5. The van der Waals surface area contributed by atoms with Crippen molar-refractivity contribution in [2.75, 3.05) is 6.61 Å². The largest absolute Gasteiger partial charge is 0.462 e. The number of amides is 1. The normalized spacial score (nSPS) is 11.5. The van der Waals surface area contributed by atoms with Crippen LogP contribution in [0.1, 0.15) is 27.7 Å². The van der Waals surface area contributed by atoms with E-state index in [0.717, 1.165) is 5.57 Å². The molecule has 0 unspecified atom stereocenters. The molecular weight excluding hydrogens is 194 g/mol. The van der Waals surface area contributed by atoms with Crippen molar-refractivity contribution in [3.05, 3.63) is 22.8 Å². The number of rotatable bonds is 4. The van der Waals surface area contributed by atoms with E-state index in [0.29, 0.717) is 5.57 Å². The molecule has 0 saturated heterocycles. The fraction of sp³-hybridized carbons (Fsp3) is 0.455. The molecule has 0 bridgehead atoms. The van der Waals surface area contributed by atoms with E-state index in [-0.39, 0.29) is 12.2 Å². The Hall–Kier alpha value is -1.58. The van der Waals surface area contributed by atoms with Gasteiger partial charge in [0.15, 0.2) is 0 Å². The molecular formula is C11H17NO3. The van der Waals surface area contributed by atoms with Crippen LogP contribution < -0.4 is 5.73 Å². The van der Waals surface area contributed by atoms with Gasteiger partial charge in [0.1, 0.15) is 5.57 Å². The van der Waals surface area contributed by atoms with E-state index in [1.165, 1.54) is 0 Å². The number of carbonyl (C=O) groups is 2. The second-order valence-electron chi connectivity index (χ2n) is 3.36. The summed E-state index contributed by atoms with van der Waals surface area (Å²) < 4.78 is 4.74. The molecule has 0 aromatic heterocycles. The van der Waals surface area contributed by atoms with Crippen LogP contribution in [-0.4, -0.2) is 18.5 Å². The predicted molar refractivity (Wildman–Crippen MR) is 58.0 cm³/mol. The summed E-state index contributed by atoms with van der Waals surface area (Å²) >= 11 is 0. The Kier molecular flexibility index (Phi) is 5.37. The van der Waals surface area contributed by atoms with Crippen molar-refractivity contribution in [2.45, 2.75) is 27.7 Å². The van der Waals surface area contributed by atoms with Gasteiger partial charge in [-0.1, -0.05) is 11.6 Å². The third-order valence-electron chi connectivity index (χ3n) is 1.63. The third kappa shape index (κ3) is 4.44. The monoisotopic (exact) mass is 211 g/mol. The van der Waals surface area contributed by atoms with Crippen molar-refractivity contribution in [1.82, 2.24) is 0 Å². The SMILES string of the molecule is CCOC(=O)/C(C(N)=O)=C(\C)C=C(C)C. The maximum absolute atomic E-state index is 11.4. The first-order valence-corrected chi connectivity index (χ1v) is 4.72. The second-order valence-corrected chi connectivity index (χ2v) is 3.36. The smallest absolute Gasteiger partial charge is 0.344 e. The number of ether oxygens (including phenoxy) is 1. The number of nitrogens with two attached hydrogens (primary N) is 1. The lowest BCUT2D eigenvalue weighted by Gasteiger charge is -2.05. The van der Waals surface area contributed by atoms with E-state index >= 15 is 0 Å². The molecule has 1 amide bonds. The lowest BCUT2D eigenvalue weighted by Crippen LogP contribution is -2.23. The molecule has 0 atom stereocenters. The topological polar surface area (TPSA) is 69.4 Å². The summed E-state index contributed by atoms with van der Waals surface area (Å²) in [5.74, 6) is -1.43. The van der Waals surface area contributed by atoms with E-state index in [2.05, 4.69) is 0 Å². The standard InChI is InChI=1S/C11H17NO3/c1-5-15-11(14)9(10(12)13)8(4)6-7(2)3/h6H,5H2,1-4H3,(H2,12,13)/b9-8+. The molecule has 0 aromatic rings. The molecule has 0 fully saturated rings. The van der Waals surface area contributed by atoms with Crippen molar-refractivity contribution in [3.8, 4) is 0 Å². The predicted octanol–water partition coefficient (Wildman–Crippen LogP) is 1.32. The zero-order chi connectivity index (χ0) is 12.0. The Balaban J connectivity index is 5.20. The molecule has 0 rings (SSSR count). The lowest BCUT2D eigenvalue weighted by molar-refractivity contribution is -0.140. The molecule has 84 valence electrons. The Morgan fingerprint density at radius 2 is 1.80 bits per heavy atom. The van der Waals surface area contributed by atoms with Gasteiger partial charge >= 0.3 is 5.97 Å². The molecule has 4 nitrogen and oxygen atoms in total. The first-order chi connectivity index (χ1) is 6.90. The summed E-state index contributed by atoms with van der Waals surface area (Å²) in [5, 5.41) is 0. The zero-order valence-corrected chi connectivity index (χ0v) is 9.59. The quantitative estimate of drug-likeness (QED) is 0.251. The number of primary amides is 1. The van der Waals surface area contributed by atoms with E-state index < -0.39 is 11.9 Å². The molecule has 0 aliphatic rings. The molecule has 0 saturated carbocycles. The lowest BCUT2D eigenvalue weighted by atomic mass is 10.1. The minimum absolute atomic E-state index is 0.0851. The van der Waals surface area contributed by atoms with Gasteiger partial charge in [-0.2, -0.15) is 0 Å². The van der Waals surface area contributed by atoms with Gasteiger partial charge in [0, 0.05) is 0 Å². The molecule has 15 heavy (non-hydrogen) atoms. The van der Waals surface area contributed by atoms with E-state index in [4.69, 9.17) is 10.5 Å². The Bertz CT molecular complexity index is 323. The van der Waals surface area contributed by atoms with E-state index in [1.54, 1.807) is 19.9 Å². The highest BCUT2D eigenvalue weighted by Crippen LogP contribution is 2.10. The van der Waals surface area contributed by atoms with Crippen LogP contribution in [-0.2, 0) is 14.3 Å².